The predicted molar refractivity (Wildman–Crippen MR) is 104 cm³/mol. The molecule has 0 N–H and O–H groups in total. The molecule has 0 amide bonds. The number of aromatic nitrogens is 3. The highest BCUT2D eigenvalue weighted by molar-refractivity contribution is 7.89. The molecular weight excluding hydrogens is 376 g/mol. The third-order valence-corrected chi connectivity index (χ3v) is 6.55. The van der Waals surface area contributed by atoms with E-state index < -0.39 is 10.0 Å². The fourth-order valence-corrected chi connectivity index (χ4v) is 4.66. The van der Waals surface area contributed by atoms with Crippen LogP contribution < -0.4 is 4.74 Å². The molecule has 1 unspecified atom stereocenters. The Kier molecular flexibility index (Phi) is 5.31. The first-order chi connectivity index (χ1) is 13.6. The van der Waals surface area contributed by atoms with Gasteiger partial charge in [0.1, 0.15) is 4.90 Å². The van der Waals surface area contributed by atoms with Crippen LogP contribution in [0.4, 0.5) is 0 Å². The van der Waals surface area contributed by atoms with E-state index >= 15 is 0 Å². The number of pyridine rings is 1. The van der Waals surface area contributed by atoms with Crippen molar-refractivity contribution >= 4 is 10.0 Å². The minimum Gasteiger partial charge on any atom is -0.476 e. The lowest BCUT2D eigenvalue weighted by molar-refractivity contribution is 0.244. The highest BCUT2D eigenvalue weighted by Crippen LogP contribution is 2.24. The molecule has 1 aliphatic heterocycles. The molecule has 0 spiro atoms. The predicted octanol–water partition coefficient (Wildman–Crippen LogP) is 2.63. The molecule has 8 heteroatoms. The van der Waals surface area contributed by atoms with Crippen LogP contribution in [0.3, 0.4) is 0 Å². The average molecular weight is 396 g/mol. The normalized spacial score (nSPS) is 17.5. The van der Waals surface area contributed by atoms with Crippen molar-refractivity contribution < 1.29 is 13.2 Å². The molecule has 0 bridgehead atoms. The average Bonchev–Trinajstić information content (AvgIpc) is 3.24. The van der Waals surface area contributed by atoms with E-state index in [1.165, 1.54) is 10.5 Å². The van der Waals surface area contributed by atoms with E-state index in [0.29, 0.717) is 25.6 Å². The molecule has 0 saturated carbocycles. The lowest BCUT2D eigenvalue weighted by Crippen LogP contribution is -2.29. The molecule has 7 nitrogen and oxygen atoms in total. The van der Waals surface area contributed by atoms with Gasteiger partial charge in [-0.1, -0.05) is 30.3 Å². The topological polar surface area (TPSA) is 85.3 Å². The third-order valence-electron chi connectivity index (χ3n) is 4.70. The number of nitrogens with zero attached hydrogens (tertiary/aromatic N) is 4. The van der Waals surface area contributed by atoms with Gasteiger partial charge in [-0.2, -0.15) is 4.31 Å². The van der Waals surface area contributed by atoms with Crippen molar-refractivity contribution in [2.45, 2.75) is 11.3 Å². The molecule has 1 atom stereocenters. The Balaban J connectivity index is 1.34. The van der Waals surface area contributed by atoms with E-state index in [2.05, 4.69) is 15.2 Å². The fraction of sp³-hybridized carbons (Fsp3) is 0.250. The molecule has 28 heavy (non-hydrogen) atoms. The first-order valence-corrected chi connectivity index (χ1v) is 10.5. The SMILES string of the molecule is O=S(=O)(c1cccnc1)N1CCC(COc2ccc(-c3ccccc3)nn2)C1. The summed E-state index contributed by atoms with van der Waals surface area (Å²) in [6.07, 6.45) is 3.68. The van der Waals surface area contributed by atoms with Gasteiger partial charge in [0, 0.05) is 43.0 Å². The Morgan fingerprint density at radius 3 is 2.61 bits per heavy atom. The van der Waals surface area contributed by atoms with E-state index in [9.17, 15) is 8.42 Å². The Bertz CT molecular complexity index is 1010. The minimum absolute atomic E-state index is 0.113. The van der Waals surface area contributed by atoms with Crippen LogP contribution in [0.2, 0.25) is 0 Å². The highest BCUT2D eigenvalue weighted by atomic mass is 32.2. The number of benzene rings is 1. The molecule has 4 rings (SSSR count). The fourth-order valence-electron chi connectivity index (χ4n) is 3.16. The van der Waals surface area contributed by atoms with Gasteiger partial charge in [0.15, 0.2) is 0 Å². The summed E-state index contributed by atoms with van der Waals surface area (Å²) in [4.78, 5) is 4.12. The van der Waals surface area contributed by atoms with E-state index in [1.54, 1.807) is 24.4 Å². The van der Waals surface area contributed by atoms with Crippen molar-refractivity contribution in [3.63, 3.8) is 0 Å². The number of hydrogen-bond donors (Lipinski definition) is 0. The number of sulfonamides is 1. The van der Waals surface area contributed by atoms with Gasteiger partial charge in [0.25, 0.3) is 0 Å². The zero-order valence-electron chi connectivity index (χ0n) is 15.2. The first-order valence-electron chi connectivity index (χ1n) is 9.05. The summed E-state index contributed by atoms with van der Waals surface area (Å²) < 4.78 is 32.5. The summed E-state index contributed by atoms with van der Waals surface area (Å²) >= 11 is 0. The molecule has 0 radical (unpaired) electrons. The highest BCUT2D eigenvalue weighted by Gasteiger charge is 2.33. The lowest BCUT2D eigenvalue weighted by atomic mass is 10.1. The lowest BCUT2D eigenvalue weighted by Gasteiger charge is -2.16. The van der Waals surface area contributed by atoms with Gasteiger partial charge in [0.05, 0.1) is 12.3 Å². The van der Waals surface area contributed by atoms with Crippen molar-refractivity contribution in [1.82, 2.24) is 19.5 Å². The van der Waals surface area contributed by atoms with Gasteiger partial charge < -0.3 is 4.74 Å². The summed E-state index contributed by atoms with van der Waals surface area (Å²) in [5.74, 6) is 0.551. The third kappa shape index (κ3) is 4.02. The smallest absolute Gasteiger partial charge is 0.244 e. The van der Waals surface area contributed by atoms with Gasteiger partial charge in [-0.05, 0) is 24.6 Å². The molecule has 1 saturated heterocycles. The summed E-state index contributed by atoms with van der Waals surface area (Å²) in [5, 5.41) is 8.32. The molecule has 1 aliphatic rings. The van der Waals surface area contributed by atoms with Crippen LogP contribution in [0, 0.1) is 5.92 Å². The maximum atomic E-state index is 12.6. The summed E-state index contributed by atoms with van der Waals surface area (Å²) in [7, 11) is -3.50. The van der Waals surface area contributed by atoms with Crippen molar-refractivity contribution in [2.24, 2.45) is 5.92 Å². The molecule has 144 valence electrons. The maximum absolute atomic E-state index is 12.6. The van der Waals surface area contributed by atoms with E-state index in [1.807, 2.05) is 36.4 Å². The number of hydrogen-bond acceptors (Lipinski definition) is 6. The quantitative estimate of drug-likeness (QED) is 0.637. The van der Waals surface area contributed by atoms with Crippen LogP contribution in [-0.2, 0) is 10.0 Å². The second kappa shape index (κ2) is 8.04. The zero-order valence-corrected chi connectivity index (χ0v) is 16.0. The summed E-state index contributed by atoms with van der Waals surface area (Å²) in [6.45, 7) is 1.30. The van der Waals surface area contributed by atoms with Crippen molar-refractivity contribution in [3.8, 4) is 17.1 Å². The number of rotatable bonds is 6. The monoisotopic (exact) mass is 396 g/mol. The van der Waals surface area contributed by atoms with E-state index in [-0.39, 0.29) is 10.8 Å². The van der Waals surface area contributed by atoms with Crippen LogP contribution in [-0.4, -0.2) is 47.6 Å². The maximum Gasteiger partial charge on any atom is 0.244 e. The van der Waals surface area contributed by atoms with Gasteiger partial charge in [-0.3, -0.25) is 4.98 Å². The molecule has 2 aromatic heterocycles. The molecular formula is C20H20N4O3S. The van der Waals surface area contributed by atoms with Crippen LogP contribution in [0.25, 0.3) is 11.3 Å². The minimum atomic E-state index is -3.50. The van der Waals surface area contributed by atoms with Crippen molar-refractivity contribution in [2.75, 3.05) is 19.7 Å². The Labute approximate surface area is 164 Å². The van der Waals surface area contributed by atoms with Crippen LogP contribution in [0.15, 0.2) is 71.9 Å². The van der Waals surface area contributed by atoms with Crippen LogP contribution >= 0.6 is 0 Å². The second-order valence-electron chi connectivity index (χ2n) is 6.64. The summed E-state index contributed by atoms with van der Waals surface area (Å²) in [5.41, 5.74) is 1.77. The Hall–Kier alpha value is -2.84. The number of ether oxygens (including phenoxy) is 1. The van der Waals surface area contributed by atoms with Gasteiger partial charge >= 0.3 is 0 Å². The van der Waals surface area contributed by atoms with Gasteiger partial charge in [0.2, 0.25) is 15.9 Å². The molecule has 3 aromatic rings. The largest absolute Gasteiger partial charge is 0.476 e. The second-order valence-corrected chi connectivity index (χ2v) is 8.58. The van der Waals surface area contributed by atoms with Crippen LogP contribution in [0.5, 0.6) is 5.88 Å². The Morgan fingerprint density at radius 1 is 1.04 bits per heavy atom. The van der Waals surface area contributed by atoms with E-state index in [4.69, 9.17) is 4.74 Å². The first kappa shape index (κ1) is 18.5. The van der Waals surface area contributed by atoms with Gasteiger partial charge in [-0.25, -0.2) is 8.42 Å². The molecule has 0 aliphatic carbocycles. The van der Waals surface area contributed by atoms with Crippen LogP contribution in [0.1, 0.15) is 6.42 Å². The standard InChI is InChI=1S/C20H20N4O3S/c25-28(26,18-7-4-11-21-13-18)24-12-10-16(14-24)15-27-20-9-8-19(22-23-20)17-5-2-1-3-6-17/h1-9,11,13,16H,10,12,14-15H2. The molecule has 1 fully saturated rings. The molecule has 1 aromatic carbocycles. The van der Waals surface area contributed by atoms with E-state index in [0.717, 1.165) is 17.7 Å². The molecule has 3 heterocycles. The zero-order chi connectivity index (χ0) is 19.4. The van der Waals surface area contributed by atoms with Crippen molar-refractivity contribution in [1.29, 1.82) is 0 Å². The van der Waals surface area contributed by atoms with Crippen molar-refractivity contribution in [3.05, 3.63) is 67.0 Å². The van der Waals surface area contributed by atoms with Gasteiger partial charge in [-0.15, -0.1) is 10.2 Å². The Morgan fingerprint density at radius 2 is 1.89 bits per heavy atom. The summed E-state index contributed by atoms with van der Waals surface area (Å²) in [6, 6.07) is 16.6.